The molecule has 7 heteroatoms. The Morgan fingerprint density at radius 2 is 2.17 bits per heavy atom. The van der Waals surface area contributed by atoms with Crippen molar-refractivity contribution in [1.82, 2.24) is 10.0 Å². The molecule has 186 valence electrons. The number of hydroxylamine groups is 2. The van der Waals surface area contributed by atoms with E-state index in [0.717, 1.165) is 30.4 Å². The molecule has 0 unspecified atom stereocenters. The van der Waals surface area contributed by atoms with E-state index in [2.05, 4.69) is 18.8 Å². The Morgan fingerprint density at radius 1 is 1.34 bits per heavy atom. The van der Waals surface area contributed by atoms with Gasteiger partial charge in [0, 0.05) is 41.6 Å². The molecule has 1 aliphatic heterocycles. The van der Waals surface area contributed by atoms with E-state index in [9.17, 15) is 19.8 Å². The van der Waals surface area contributed by atoms with Crippen LogP contribution >= 0.6 is 0 Å². The molecule has 1 aromatic heterocycles. The van der Waals surface area contributed by atoms with Crippen molar-refractivity contribution in [3.05, 3.63) is 53.9 Å². The lowest BCUT2D eigenvalue weighted by Crippen LogP contribution is -2.63. The Balaban J connectivity index is 1.36. The minimum atomic E-state index is -1.14. The molecule has 8 atom stereocenters. The van der Waals surface area contributed by atoms with Crippen molar-refractivity contribution in [2.45, 2.75) is 57.8 Å². The van der Waals surface area contributed by atoms with Crippen LogP contribution in [-0.2, 0) is 21.0 Å². The lowest BCUT2D eigenvalue weighted by atomic mass is 9.46. The fourth-order valence-corrected chi connectivity index (χ4v) is 8.85. The number of ketones is 2. The number of aromatic nitrogens is 1. The quantitative estimate of drug-likeness (QED) is 0.686. The van der Waals surface area contributed by atoms with Gasteiger partial charge in [-0.25, -0.2) is 0 Å². The summed E-state index contributed by atoms with van der Waals surface area (Å²) in [5.74, 6) is 0.104. The van der Waals surface area contributed by atoms with E-state index >= 15 is 0 Å². The number of carbonyl (C=O) groups is 2. The molecular formula is C28H34N2O5. The van der Waals surface area contributed by atoms with Crippen LogP contribution in [0.3, 0.4) is 0 Å². The lowest BCUT2D eigenvalue weighted by molar-refractivity contribution is -0.254. The first-order chi connectivity index (χ1) is 16.7. The first-order valence-corrected chi connectivity index (χ1v) is 12.8. The van der Waals surface area contributed by atoms with Crippen molar-refractivity contribution in [1.29, 1.82) is 0 Å². The molecule has 0 bridgehead atoms. The Morgan fingerprint density at radius 3 is 2.91 bits per heavy atom. The average molecular weight is 479 g/mol. The highest BCUT2D eigenvalue weighted by Crippen LogP contribution is 2.70. The zero-order chi connectivity index (χ0) is 24.6. The summed E-state index contributed by atoms with van der Waals surface area (Å²) in [6.45, 7) is 4.81. The SMILES string of the molecule is C[C@]12C=CC(=O)C=C1CC[C@@H]1[C@@H]2[C@@H](O)C[C@@]2(C)[C@H]1C[C@H]1CN(Cc3cccnc3)O[C@]12C(=O)CO. The molecular weight excluding hydrogens is 444 g/mol. The fourth-order valence-electron chi connectivity index (χ4n) is 8.85. The van der Waals surface area contributed by atoms with E-state index in [1.54, 1.807) is 24.5 Å². The first-order valence-electron chi connectivity index (χ1n) is 12.8. The number of nitrogens with zero attached hydrogens (tertiary/aromatic N) is 2. The normalized spacial score (nSPS) is 44.3. The van der Waals surface area contributed by atoms with Gasteiger partial charge in [-0.05, 0) is 61.3 Å². The Kier molecular flexibility index (Phi) is 5.24. The highest BCUT2D eigenvalue weighted by Gasteiger charge is 2.75. The Hall–Kier alpha value is -2.19. The number of hydrogen-bond donors (Lipinski definition) is 2. The van der Waals surface area contributed by atoms with E-state index < -0.39 is 23.7 Å². The molecule has 6 rings (SSSR count). The summed E-state index contributed by atoms with van der Waals surface area (Å²) in [5.41, 5.74) is 0.0370. The first kappa shape index (κ1) is 23.2. The summed E-state index contributed by atoms with van der Waals surface area (Å²) in [7, 11) is 0. The third-order valence-electron chi connectivity index (χ3n) is 10.2. The van der Waals surface area contributed by atoms with Crippen molar-refractivity contribution >= 4 is 11.6 Å². The molecule has 35 heavy (non-hydrogen) atoms. The summed E-state index contributed by atoms with van der Waals surface area (Å²) < 4.78 is 0. The van der Waals surface area contributed by atoms with Crippen LogP contribution in [0.4, 0.5) is 0 Å². The molecule has 0 spiro atoms. The number of hydrogen-bond acceptors (Lipinski definition) is 7. The maximum absolute atomic E-state index is 13.5. The standard InChI is InChI=1S/C28H34N2O5/c1-26-8-7-20(32)10-18(26)5-6-21-22-11-19-15-30(14-17-4-3-9-29-13-17)35-28(19,24(34)16-31)27(22,2)12-23(33)25(21)26/h3-4,7-10,13,19,21-23,25,31,33H,5-6,11-12,14-16H2,1-2H3/t19-,21-,22-,23-,25+,26-,27-,28-/m0/s1. The van der Waals surface area contributed by atoms with Crippen LogP contribution in [-0.4, -0.2) is 56.7 Å². The number of aliphatic hydroxyl groups excluding tert-OH is 2. The van der Waals surface area contributed by atoms with Gasteiger partial charge in [-0.2, -0.15) is 5.06 Å². The second kappa shape index (κ2) is 7.90. The molecule has 1 saturated heterocycles. The maximum atomic E-state index is 13.5. The minimum Gasteiger partial charge on any atom is -0.393 e. The third-order valence-corrected chi connectivity index (χ3v) is 10.2. The van der Waals surface area contributed by atoms with Crippen LogP contribution < -0.4 is 0 Å². The summed E-state index contributed by atoms with van der Waals surface area (Å²) in [5, 5.41) is 23.6. The van der Waals surface area contributed by atoms with Crippen molar-refractivity contribution in [2.24, 2.45) is 34.5 Å². The molecule has 2 heterocycles. The Bertz CT molecular complexity index is 1120. The van der Waals surface area contributed by atoms with Gasteiger partial charge in [-0.3, -0.25) is 19.4 Å². The molecule has 0 aromatic carbocycles. The molecule has 5 aliphatic rings. The van der Waals surface area contributed by atoms with E-state index in [4.69, 9.17) is 4.84 Å². The summed E-state index contributed by atoms with van der Waals surface area (Å²) >= 11 is 0. The van der Waals surface area contributed by atoms with Gasteiger partial charge in [0.05, 0.1) is 12.6 Å². The summed E-state index contributed by atoms with van der Waals surface area (Å²) in [6, 6.07) is 3.87. The Labute approximate surface area is 205 Å². The van der Waals surface area contributed by atoms with Crippen LogP contribution in [0.2, 0.25) is 0 Å². The number of Topliss-reactive ketones (excluding diaryl/α,β-unsaturated/α-hetero) is 1. The lowest BCUT2D eigenvalue weighted by Gasteiger charge is -2.59. The van der Waals surface area contributed by atoms with Gasteiger partial charge in [-0.1, -0.05) is 31.6 Å². The van der Waals surface area contributed by atoms with E-state index in [-0.39, 0.29) is 40.7 Å². The zero-order valence-corrected chi connectivity index (χ0v) is 20.4. The molecule has 4 aliphatic carbocycles. The van der Waals surface area contributed by atoms with Gasteiger partial charge in [-0.15, -0.1) is 0 Å². The molecule has 0 radical (unpaired) electrons. The highest BCUT2D eigenvalue weighted by atomic mass is 16.7. The minimum absolute atomic E-state index is 0.00322. The number of aliphatic hydroxyl groups is 2. The molecule has 1 aromatic rings. The second-order valence-corrected chi connectivity index (χ2v) is 11.7. The van der Waals surface area contributed by atoms with Crippen molar-refractivity contribution in [2.75, 3.05) is 13.2 Å². The van der Waals surface area contributed by atoms with Crippen LogP contribution in [0.5, 0.6) is 0 Å². The van der Waals surface area contributed by atoms with Crippen LogP contribution in [0.25, 0.3) is 0 Å². The topological polar surface area (TPSA) is 100.0 Å². The zero-order valence-electron chi connectivity index (χ0n) is 20.4. The summed E-state index contributed by atoms with van der Waals surface area (Å²) in [4.78, 5) is 36.4. The monoisotopic (exact) mass is 478 g/mol. The van der Waals surface area contributed by atoms with E-state index in [1.807, 2.05) is 23.3 Å². The molecule has 0 amide bonds. The number of pyridine rings is 1. The number of allylic oxidation sites excluding steroid dienone is 4. The van der Waals surface area contributed by atoms with Crippen LogP contribution in [0.1, 0.15) is 45.1 Å². The molecule has 3 saturated carbocycles. The van der Waals surface area contributed by atoms with Crippen molar-refractivity contribution in [3.63, 3.8) is 0 Å². The molecule has 7 nitrogen and oxygen atoms in total. The predicted molar refractivity (Wildman–Crippen MR) is 127 cm³/mol. The molecule has 2 N–H and O–H groups in total. The number of fused-ring (bicyclic) bond motifs is 7. The smallest absolute Gasteiger partial charge is 0.192 e. The number of rotatable bonds is 4. The number of carbonyl (C=O) groups excluding carboxylic acids is 2. The predicted octanol–water partition coefficient (Wildman–Crippen LogP) is 2.63. The van der Waals surface area contributed by atoms with Crippen molar-refractivity contribution < 1.29 is 24.6 Å². The van der Waals surface area contributed by atoms with Gasteiger partial charge in [0.15, 0.2) is 17.2 Å². The van der Waals surface area contributed by atoms with Crippen molar-refractivity contribution in [3.8, 4) is 0 Å². The average Bonchev–Trinajstić information content (AvgIpc) is 3.31. The van der Waals surface area contributed by atoms with E-state index in [0.29, 0.717) is 19.5 Å². The highest BCUT2D eigenvalue weighted by molar-refractivity contribution is 6.01. The third kappa shape index (κ3) is 3.08. The fraction of sp³-hybridized carbons (Fsp3) is 0.607. The van der Waals surface area contributed by atoms with Gasteiger partial charge >= 0.3 is 0 Å². The van der Waals surface area contributed by atoms with Gasteiger partial charge in [0.1, 0.15) is 6.61 Å². The van der Waals surface area contributed by atoms with Gasteiger partial charge < -0.3 is 10.2 Å². The maximum Gasteiger partial charge on any atom is 0.192 e. The largest absolute Gasteiger partial charge is 0.393 e. The van der Waals surface area contributed by atoms with Gasteiger partial charge in [0.2, 0.25) is 0 Å². The van der Waals surface area contributed by atoms with Crippen LogP contribution in [0.15, 0.2) is 48.3 Å². The van der Waals surface area contributed by atoms with E-state index in [1.165, 1.54) is 0 Å². The summed E-state index contributed by atoms with van der Waals surface area (Å²) in [6.07, 6.45) is 11.3. The molecule has 4 fully saturated rings. The van der Waals surface area contributed by atoms with Crippen LogP contribution in [0, 0.1) is 34.5 Å². The van der Waals surface area contributed by atoms with Gasteiger partial charge in [0.25, 0.3) is 0 Å². The second-order valence-electron chi connectivity index (χ2n) is 11.7.